The summed E-state index contributed by atoms with van der Waals surface area (Å²) in [6.45, 7) is 0. The minimum Gasteiger partial charge on any atom is -0.768 e. The molecule has 0 aliphatic heterocycles. The molecule has 1 heterocycles. The predicted molar refractivity (Wildman–Crippen MR) is 95.2 cm³/mol. The van der Waals surface area contributed by atoms with Crippen molar-refractivity contribution in [1.29, 1.82) is 0 Å². The van der Waals surface area contributed by atoms with Crippen LogP contribution in [0, 0.1) is 0 Å². The normalized spacial score (nSPS) is 12.3. The Labute approximate surface area is 153 Å². The number of anilines is 2. The third-order valence-corrected chi connectivity index (χ3v) is 4.22. The number of alkyl halides is 3. The Morgan fingerprint density at radius 3 is 2.23 bits per heavy atom. The second-order valence-electron chi connectivity index (χ2n) is 5.02. The molecule has 26 heavy (non-hydrogen) atoms. The Kier molecular flexibility index (Phi) is 5.95. The molecule has 1 unspecified atom stereocenters. The summed E-state index contributed by atoms with van der Waals surface area (Å²) in [5, 5.41) is 0.251. The van der Waals surface area contributed by atoms with Crippen LogP contribution in [0.15, 0.2) is 51.9 Å². The van der Waals surface area contributed by atoms with E-state index in [-0.39, 0.29) is 15.8 Å². The highest BCUT2D eigenvalue weighted by Crippen LogP contribution is 2.32. The monoisotopic (exact) mass is 401 g/mol. The summed E-state index contributed by atoms with van der Waals surface area (Å²) >= 11 is 2.00. The number of aromatic nitrogens is 1. The number of H-pyrrole nitrogens is 1. The van der Waals surface area contributed by atoms with Gasteiger partial charge >= 0.3 is 6.18 Å². The molecule has 0 saturated heterocycles. The third kappa shape index (κ3) is 4.36. The van der Waals surface area contributed by atoms with Crippen LogP contribution in [-0.4, -0.2) is 13.7 Å². The molecular weight excluding hydrogens is 389 g/mol. The molecule has 1 aromatic heterocycles. The van der Waals surface area contributed by atoms with E-state index in [2.05, 4.69) is 21.8 Å². The summed E-state index contributed by atoms with van der Waals surface area (Å²) in [4.78, 5) is 2.45. The van der Waals surface area contributed by atoms with Gasteiger partial charge in [-0.1, -0.05) is 12.1 Å². The number of fused-ring (bicyclic) bond motifs is 1. The van der Waals surface area contributed by atoms with Crippen LogP contribution in [0.25, 0.3) is 10.9 Å². The number of halogens is 3. The number of aromatic amines is 1. The molecular formula is C15H12F3N4O2S2-. The lowest BCUT2D eigenvalue weighted by molar-refractivity contribution is -0.137. The Morgan fingerprint density at radius 1 is 1.15 bits per heavy atom. The molecule has 3 aromatic rings. The SMILES string of the molecule is Nc1cccc(N)c1N=S.O=S([O-])c1c[nH]c2cc(C(F)(F)F)ccc12. The van der Waals surface area contributed by atoms with Crippen molar-refractivity contribution in [2.24, 2.45) is 4.36 Å². The van der Waals surface area contributed by atoms with Gasteiger partial charge in [-0.2, -0.15) is 17.5 Å². The van der Waals surface area contributed by atoms with Gasteiger partial charge in [-0.15, -0.1) is 0 Å². The first-order valence-corrected chi connectivity index (χ1v) is 8.34. The van der Waals surface area contributed by atoms with E-state index in [1.54, 1.807) is 18.2 Å². The molecule has 3 rings (SSSR count). The summed E-state index contributed by atoms with van der Waals surface area (Å²) in [6.07, 6.45) is -3.27. The second-order valence-corrected chi connectivity index (χ2v) is 6.11. The van der Waals surface area contributed by atoms with Crippen LogP contribution < -0.4 is 11.5 Å². The van der Waals surface area contributed by atoms with Gasteiger partial charge in [0.2, 0.25) is 0 Å². The number of rotatable bonds is 2. The van der Waals surface area contributed by atoms with E-state index in [9.17, 15) is 21.9 Å². The van der Waals surface area contributed by atoms with Crippen molar-refractivity contribution in [1.82, 2.24) is 4.98 Å². The molecule has 5 N–H and O–H groups in total. The van der Waals surface area contributed by atoms with Crippen LogP contribution in [0.3, 0.4) is 0 Å². The lowest BCUT2D eigenvalue weighted by Crippen LogP contribution is -2.04. The Balaban J connectivity index is 0.000000209. The average Bonchev–Trinajstić information content (AvgIpc) is 2.98. The first-order valence-electron chi connectivity index (χ1n) is 6.90. The first-order chi connectivity index (χ1) is 12.1. The van der Waals surface area contributed by atoms with Crippen LogP contribution in [0.4, 0.5) is 30.2 Å². The number of benzene rings is 2. The van der Waals surface area contributed by atoms with Gasteiger partial charge in [0.25, 0.3) is 0 Å². The van der Waals surface area contributed by atoms with E-state index < -0.39 is 22.8 Å². The fourth-order valence-electron chi connectivity index (χ4n) is 2.10. The van der Waals surface area contributed by atoms with Crippen molar-refractivity contribution in [3.8, 4) is 0 Å². The first kappa shape index (κ1) is 19.8. The van der Waals surface area contributed by atoms with Crippen LogP contribution in [0.5, 0.6) is 0 Å². The molecule has 138 valence electrons. The number of hydrogen-bond donors (Lipinski definition) is 3. The lowest BCUT2D eigenvalue weighted by atomic mass is 10.1. The van der Waals surface area contributed by atoms with Crippen molar-refractivity contribution in [2.75, 3.05) is 11.5 Å². The third-order valence-electron chi connectivity index (χ3n) is 3.34. The van der Waals surface area contributed by atoms with E-state index in [0.29, 0.717) is 17.1 Å². The molecule has 0 amide bonds. The number of nitrogens with zero attached hydrogens (tertiary/aromatic N) is 1. The summed E-state index contributed by atoms with van der Waals surface area (Å²) < 4.78 is 62.0. The summed E-state index contributed by atoms with van der Waals surface area (Å²) in [5.74, 6) is 0. The van der Waals surface area contributed by atoms with Crippen LogP contribution in [0.2, 0.25) is 0 Å². The molecule has 0 aliphatic carbocycles. The molecule has 0 aliphatic rings. The zero-order valence-electron chi connectivity index (χ0n) is 12.9. The standard InChI is InChI=1S/C9H6F3NO2S.C6H7N3S/c10-9(11,12)5-1-2-6-7(3-5)13-4-8(6)16(14)15;7-4-2-1-3-5(8)6(4)9-10/h1-4,13H,(H,14,15);1-3H,7-8H2/p-1. The van der Waals surface area contributed by atoms with Crippen molar-refractivity contribution in [3.63, 3.8) is 0 Å². The molecule has 2 aromatic carbocycles. The highest BCUT2D eigenvalue weighted by molar-refractivity contribution is 7.79. The fraction of sp³-hybridized carbons (Fsp3) is 0.0667. The van der Waals surface area contributed by atoms with Crippen LogP contribution >= 0.6 is 0 Å². The minimum absolute atomic E-state index is 0.0382. The highest BCUT2D eigenvalue weighted by atomic mass is 32.2. The zero-order chi connectivity index (χ0) is 19.5. The van der Waals surface area contributed by atoms with Gasteiger partial charge in [0.1, 0.15) is 5.69 Å². The molecule has 0 saturated carbocycles. The number of hydrogen-bond acceptors (Lipinski definition) is 6. The van der Waals surface area contributed by atoms with Gasteiger partial charge in [0.15, 0.2) is 0 Å². The zero-order valence-corrected chi connectivity index (χ0v) is 14.5. The lowest BCUT2D eigenvalue weighted by Gasteiger charge is -2.07. The van der Waals surface area contributed by atoms with Crippen LogP contribution in [0.1, 0.15) is 5.56 Å². The Bertz CT molecular complexity index is 953. The van der Waals surface area contributed by atoms with Gasteiger partial charge in [-0.3, -0.25) is 4.21 Å². The van der Waals surface area contributed by atoms with E-state index in [4.69, 9.17) is 11.5 Å². The van der Waals surface area contributed by atoms with Gasteiger partial charge in [0.05, 0.1) is 21.8 Å². The molecule has 1 atom stereocenters. The number of nitrogens with two attached hydrogens (primary N) is 2. The maximum atomic E-state index is 12.3. The predicted octanol–water partition coefficient (Wildman–Crippen LogP) is 3.64. The summed E-state index contributed by atoms with van der Waals surface area (Å²) in [7, 11) is 0. The largest absolute Gasteiger partial charge is 0.768 e. The Morgan fingerprint density at radius 2 is 1.77 bits per heavy atom. The molecule has 0 spiro atoms. The van der Waals surface area contributed by atoms with Gasteiger partial charge in [-0.25, -0.2) is 0 Å². The topological polar surface area (TPSA) is 120 Å². The van der Waals surface area contributed by atoms with Crippen LogP contribution in [-0.2, 0) is 29.7 Å². The molecule has 0 radical (unpaired) electrons. The minimum atomic E-state index is -4.43. The van der Waals surface area contributed by atoms with Crippen molar-refractivity contribution >= 4 is 51.5 Å². The molecule has 6 nitrogen and oxygen atoms in total. The quantitative estimate of drug-likeness (QED) is 0.447. The average molecular weight is 401 g/mol. The van der Waals surface area contributed by atoms with Crippen molar-refractivity contribution < 1.29 is 21.9 Å². The van der Waals surface area contributed by atoms with E-state index >= 15 is 0 Å². The van der Waals surface area contributed by atoms with Gasteiger partial charge < -0.3 is 21.0 Å². The Hall–Kier alpha value is -2.50. The number of nitrogens with one attached hydrogen (secondary N) is 1. The summed E-state index contributed by atoms with van der Waals surface area (Å²) in [5.41, 5.74) is 11.9. The van der Waals surface area contributed by atoms with Gasteiger partial charge in [-0.05, 0) is 35.3 Å². The van der Waals surface area contributed by atoms with E-state index in [1.807, 2.05) is 0 Å². The van der Waals surface area contributed by atoms with E-state index in [0.717, 1.165) is 24.4 Å². The van der Waals surface area contributed by atoms with Gasteiger partial charge in [0, 0.05) is 29.5 Å². The van der Waals surface area contributed by atoms with Crippen molar-refractivity contribution in [2.45, 2.75) is 11.1 Å². The fourth-order valence-corrected chi connectivity index (χ4v) is 2.82. The second kappa shape index (κ2) is 7.81. The van der Waals surface area contributed by atoms with Crippen molar-refractivity contribution in [3.05, 3.63) is 48.2 Å². The maximum absolute atomic E-state index is 12.3. The molecule has 11 heteroatoms. The van der Waals surface area contributed by atoms with E-state index in [1.165, 1.54) is 0 Å². The maximum Gasteiger partial charge on any atom is 0.416 e. The molecule has 0 fully saturated rings. The number of nitrogen functional groups attached to an aromatic ring is 2. The molecule has 0 bridgehead atoms. The highest BCUT2D eigenvalue weighted by Gasteiger charge is 2.30. The smallest absolute Gasteiger partial charge is 0.416 e. The summed E-state index contributed by atoms with van der Waals surface area (Å²) in [6, 6.07) is 8.05.